The van der Waals surface area contributed by atoms with Gasteiger partial charge in [-0.2, -0.15) is 0 Å². The van der Waals surface area contributed by atoms with Crippen LogP contribution in [0.5, 0.6) is 5.75 Å². The standard InChI is InChI=1S/C31H39N3O5S/c1-5-6-21-32-31(36)25(3)33(22-20-26-12-8-7-9-13-26)30(35)23-34(28-14-10-11-15-29(28)39-4)40(37,38)27-18-16-24(2)17-19-27/h7-19,25H,5-6,20-23H2,1-4H3,(H,32,36). The van der Waals surface area contributed by atoms with E-state index >= 15 is 0 Å². The maximum Gasteiger partial charge on any atom is 0.264 e. The van der Waals surface area contributed by atoms with E-state index in [-0.39, 0.29) is 23.0 Å². The lowest BCUT2D eigenvalue weighted by Crippen LogP contribution is -2.52. The molecule has 0 bridgehead atoms. The van der Waals surface area contributed by atoms with Gasteiger partial charge in [-0.15, -0.1) is 0 Å². The highest BCUT2D eigenvalue weighted by Crippen LogP contribution is 2.32. The predicted molar refractivity (Wildman–Crippen MR) is 158 cm³/mol. The highest BCUT2D eigenvalue weighted by atomic mass is 32.2. The second kappa shape index (κ2) is 14.5. The first-order valence-electron chi connectivity index (χ1n) is 13.5. The predicted octanol–water partition coefficient (Wildman–Crippen LogP) is 4.58. The average Bonchev–Trinajstić information content (AvgIpc) is 2.96. The van der Waals surface area contributed by atoms with Gasteiger partial charge in [0.2, 0.25) is 11.8 Å². The molecular formula is C31H39N3O5S. The molecule has 0 aromatic heterocycles. The maximum atomic E-state index is 14.0. The summed E-state index contributed by atoms with van der Waals surface area (Å²) in [6.45, 7) is 5.83. The fraction of sp³-hybridized carbons (Fsp3) is 0.355. The van der Waals surface area contributed by atoms with Crippen molar-refractivity contribution in [3.05, 3.63) is 90.0 Å². The summed E-state index contributed by atoms with van der Waals surface area (Å²) in [7, 11) is -2.71. The summed E-state index contributed by atoms with van der Waals surface area (Å²) < 4.78 is 34.4. The van der Waals surface area contributed by atoms with E-state index in [1.165, 1.54) is 24.1 Å². The summed E-state index contributed by atoms with van der Waals surface area (Å²) in [5.74, 6) is -0.456. The highest BCUT2D eigenvalue weighted by molar-refractivity contribution is 7.92. The largest absolute Gasteiger partial charge is 0.495 e. The molecule has 0 saturated heterocycles. The zero-order valence-electron chi connectivity index (χ0n) is 23.7. The number of anilines is 1. The molecule has 0 spiro atoms. The van der Waals surface area contributed by atoms with Gasteiger partial charge in [-0.25, -0.2) is 8.42 Å². The smallest absolute Gasteiger partial charge is 0.264 e. The first kappa shape index (κ1) is 30.7. The van der Waals surface area contributed by atoms with E-state index in [1.807, 2.05) is 44.2 Å². The van der Waals surface area contributed by atoms with E-state index in [0.717, 1.165) is 28.3 Å². The van der Waals surface area contributed by atoms with Crippen molar-refractivity contribution in [2.45, 2.75) is 51.0 Å². The number of para-hydroxylation sites is 2. The number of hydrogen-bond acceptors (Lipinski definition) is 5. The van der Waals surface area contributed by atoms with Crippen LogP contribution >= 0.6 is 0 Å². The number of benzene rings is 3. The minimum Gasteiger partial charge on any atom is -0.495 e. The number of carbonyl (C=O) groups is 2. The van der Waals surface area contributed by atoms with Gasteiger partial charge in [0.05, 0.1) is 17.7 Å². The van der Waals surface area contributed by atoms with Gasteiger partial charge in [-0.1, -0.05) is 73.5 Å². The molecule has 0 radical (unpaired) electrons. The molecule has 1 unspecified atom stereocenters. The Labute approximate surface area is 238 Å². The Hall–Kier alpha value is -3.85. The van der Waals surface area contributed by atoms with Crippen molar-refractivity contribution in [1.29, 1.82) is 0 Å². The molecular weight excluding hydrogens is 526 g/mol. The van der Waals surface area contributed by atoms with Gasteiger partial charge in [-0.3, -0.25) is 13.9 Å². The summed E-state index contributed by atoms with van der Waals surface area (Å²) in [6, 6.07) is 22.0. The summed E-state index contributed by atoms with van der Waals surface area (Å²) in [4.78, 5) is 28.5. The quantitative estimate of drug-likeness (QED) is 0.289. The molecule has 3 aromatic carbocycles. The van der Waals surface area contributed by atoms with Crippen molar-refractivity contribution in [3.8, 4) is 5.75 Å². The number of aryl methyl sites for hydroxylation is 1. The van der Waals surface area contributed by atoms with Gasteiger partial charge in [0.25, 0.3) is 10.0 Å². The molecule has 40 heavy (non-hydrogen) atoms. The number of ether oxygens (including phenoxy) is 1. The number of amides is 2. The summed E-state index contributed by atoms with van der Waals surface area (Å²) in [5.41, 5.74) is 2.16. The summed E-state index contributed by atoms with van der Waals surface area (Å²) >= 11 is 0. The lowest BCUT2D eigenvalue weighted by atomic mass is 10.1. The molecule has 0 saturated carbocycles. The maximum absolute atomic E-state index is 14.0. The van der Waals surface area contributed by atoms with Crippen LogP contribution < -0.4 is 14.4 Å². The van der Waals surface area contributed by atoms with Gasteiger partial charge in [0, 0.05) is 13.1 Å². The van der Waals surface area contributed by atoms with E-state index in [1.54, 1.807) is 43.3 Å². The van der Waals surface area contributed by atoms with Crippen molar-refractivity contribution in [2.75, 3.05) is 31.0 Å². The van der Waals surface area contributed by atoms with Crippen LogP contribution in [-0.2, 0) is 26.0 Å². The number of unbranched alkanes of at least 4 members (excludes halogenated alkanes) is 1. The number of nitrogens with one attached hydrogen (secondary N) is 1. The first-order valence-corrected chi connectivity index (χ1v) is 15.0. The average molecular weight is 566 g/mol. The lowest BCUT2D eigenvalue weighted by molar-refractivity contribution is -0.138. The number of methoxy groups -OCH3 is 1. The number of sulfonamides is 1. The molecule has 214 valence electrons. The zero-order valence-corrected chi connectivity index (χ0v) is 24.5. The van der Waals surface area contributed by atoms with Crippen molar-refractivity contribution in [3.63, 3.8) is 0 Å². The van der Waals surface area contributed by atoms with E-state index in [0.29, 0.717) is 18.7 Å². The summed E-state index contributed by atoms with van der Waals surface area (Å²) in [5, 5.41) is 2.90. The molecule has 2 amide bonds. The number of carbonyl (C=O) groups excluding carboxylic acids is 2. The van der Waals surface area contributed by atoms with E-state index in [4.69, 9.17) is 4.74 Å². The normalized spacial score (nSPS) is 11.9. The monoisotopic (exact) mass is 565 g/mol. The molecule has 0 aliphatic rings. The Kier molecular flexibility index (Phi) is 11.1. The number of nitrogens with zero attached hydrogens (tertiary/aromatic N) is 2. The van der Waals surface area contributed by atoms with Crippen LogP contribution in [-0.4, -0.2) is 57.9 Å². The van der Waals surface area contributed by atoms with E-state index in [2.05, 4.69) is 5.32 Å². The van der Waals surface area contributed by atoms with Crippen molar-refractivity contribution >= 4 is 27.5 Å². The van der Waals surface area contributed by atoms with Crippen LogP contribution in [0.15, 0.2) is 83.8 Å². The fourth-order valence-electron chi connectivity index (χ4n) is 4.29. The van der Waals surface area contributed by atoms with Crippen molar-refractivity contribution in [1.82, 2.24) is 10.2 Å². The first-order chi connectivity index (χ1) is 19.2. The van der Waals surface area contributed by atoms with Gasteiger partial charge in [0.15, 0.2) is 0 Å². The van der Waals surface area contributed by atoms with Crippen molar-refractivity contribution < 1.29 is 22.7 Å². The van der Waals surface area contributed by atoms with E-state index in [9.17, 15) is 18.0 Å². The van der Waals surface area contributed by atoms with Crippen LogP contribution in [0.4, 0.5) is 5.69 Å². The topological polar surface area (TPSA) is 96.0 Å². The molecule has 0 aliphatic carbocycles. The molecule has 1 N–H and O–H groups in total. The van der Waals surface area contributed by atoms with Crippen LogP contribution in [0.1, 0.15) is 37.8 Å². The van der Waals surface area contributed by atoms with E-state index < -0.39 is 28.5 Å². The molecule has 8 nitrogen and oxygen atoms in total. The van der Waals surface area contributed by atoms with Gasteiger partial charge in [0.1, 0.15) is 18.3 Å². The SMILES string of the molecule is CCCCNC(=O)C(C)N(CCc1ccccc1)C(=O)CN(c1ccccc1OC)S(=O)(=O)c1ccc(C)cc1. The number of hydrogen-bond donors (Lipinski definition) is 1. The van der Waals surface area contributed by atoms with Crippen LogP contribution in [0, 0.1) is 6.92 Å². The summed E-state index contributed by atoms with van der Waals surface area (Å²) in [6.07, 6.45) is 2.27. The third kappa shape index (κ3) is 7.85. The van der Waals surface area contributed by atoms with Crippen LogP contribution in [0.3, 0.4) is 0 Å². The fourth-order valence-corrected chi connectivity index (χ4v) is 5.72. The number of rotatable bonds is 14. The van der Waals surface area contributed by atoms with Gasteiger partial charge in [-0.05, 0) is 56.5 Å². The Morgan fingerprint density at radius 1 is 0.950 bits per heavy atom. The van der Waals surface area contributed by atoms with Crippen molar-refractivity contribution in [2.24, 2.45) is 0 Å². The van der Waals surface area contributed by atoms with Crippen LogP contribution in [0.25, 0.3) is 0 Å². The molecule has 1 atom stereocenters. The minimum atomic E-state index is -4.16. The molecule has 0 aliphatic heterocycles. The van der Waals surface area contributed by atoms with Gasteiger partial charge >= 0.3 is 0 Å². The molecule has 3 aromatic rings. The molecule has 9 heteroatoms. The Morgan fingerprint density at radius 2 is 1.60 bits per heavy atom. The Bertz CT molecular complexity index is 1360. The zero-order chi connectivity index (χ0) is 29.1. The molecule has 0 heterocycles. The minimum absolute atomic E-state index is 0.0537. The second-order valence-corrected chi connectivity index (χ2v) is 11.5. The third-order valence-electron chi connectivity index (χ3n) is 6.72. The highest BCUT2D eigenvalue weighted by Gasteiger charge is 2.33. The Balaban J connectivity index is 1.98. The third-order valence-corrected chi connectivity index (χ3v) is 8.50. The van der Waals surface area contributed by atoms with Crippen LogP contribution in [0.2, 0.25) is 0 Å². The van der Waals surface area contributed by atoms with Gasteiger partial charge < -0.3 is 15.0 Å². The molecule has 3 rings (SSSR count). The lowest BCUT2D eigenvalue weighted by Gasteiger charge is -2.32. The second-order valence-electron chi connectivity index (χ2n) is 9.64. The Morgan fingerprint density at radius 3 is 2.25 bits per heavy atom. The molecule has 0 fully saturated rings.